The van der Waals surface area contributed by atoms with Crippen LogP contribution in [0.3, 0.4) is 0 Å². The number of hydrogen-bond donors (Lipinski definition) is 3. The molecule has 6 nitrogen and oxygen atoms in total. The molecule has 1 aliphatic rings. The Balaban J connectivity index is 0.00000288. The van der Waals surface area contributed by atoms with E-state index in [-0.39, 0.29) is 36.0 Å². The van der Waals surface area contributed by atoms with Crippen LogP contribution in [0.4, 0.5) is 0 Å². The number of halogens is 1. The second kappa shape index (κ2) is 10.6. The first-order chi connectivity index (χ1) is 11.2. The second-order valence-corrected chi connectivity index (χ2v) is 5.80. The minimum atomic E-state index is 0. The maximum absolute atomic E-state index is 9.34. The Kier molecular flexibility index (Phi) is 9.20. The van der Waals surface area contributed by atoms with Crippen LogP contribution in [-0.2, 0) is 0 Å². The van der Waals surface area contributed by atoms with Crippen molar-refractivity contribution in [2.45, 2.75) is 19.8 Å². The highest BCUT2D eigenvalue weighted by Crippen LogP contribution is 2.45. The second-order valence-electron chi connectivity index (χ2n) is 5.80. The highest BCUT2D eigenvalue weighted by atomic mass is 127. The van der Waals surface area contributed by atoms with Gasteiger partial charge in [-0.15, -0.1) is 24.0 Å². The van der Waals surface area contributed by atoms with Crippen LogP contribution in [0, 0.1) is 5.41 Å². The molecule has 1 saturated carbocycles. The van der Waals surface area contributed by atoms with Gasteiger partial charge in [-0.2, -0.15) is 0 Å². The van der Waals surface area contributed by atoms with Gasteiger partial charge in [0.05, 0.1) is 26.8 Å². The molecule has 0 radical (unpaired) electrons. The fourth-order valence-electron chi connectivity index (χ4n) is 2.14. The molecule has 1 aromatic carbocycles. The number of hydrogen-bond acceptors (Lipinski definition) is 4. The van der Waals surface area contributed by atoms with E-state index >= 15 is 0 Å². The molecule has 136 valence electrons. The molecule has 7 heteroatoms. The van der Waals surface area contributed by atoms with Gasteiger partial charge >= 0.3 is 0 Å². The summed E-state index contributed by atoms with van der Waals surface area (Å²) in [4.78, 5) is 4.55. The van der Waals surface area contributed by atoms with Gasteiger partial charge in [-0.3, -0.25) is 4.99 Å². The summed E-state index contributed by atoms with van der Waals surface area (Å²) < 4.78 is 10.8. The van der Waals surface area contributed by atoms with Crippen molar-refractivity contribution in [3.05, 3.63) is 24.3 Å². The lowest BCUT2D eigenvalue weighted by Crippen LogP contribution is -2.39. The van der Waals surface area contributed by atoms with E-state index in [9.17, 15) is 5.11 Å². The Hall–Kier alpha value is -1.22. The molecule has 0 amide bonds. The van der Waals surface area contributed by atoms with E-state index < -0.39 is 0 Å². The van der Waals surface area contributed by atoms with Gasteiger partial charge in [-0.05, 0) is 44.0 Å². The lowest BCUT2D eigenvalue weighted by atomic mass is 10.1. The summed E-state index contributed by atoms with van der Waals surface area (Å²) in [7, 11) is 1.64. The normalized spacial score (nSPS) is 15.2. The van der Waals surface area contributed by atoms with Gasteiger partial charge in [0.25, 0.3) is 0 Å². The third kappa shape index (κ3) is 6.72. The SMILES string of the molecule is CCNC(=NCC1(CO)CC1)NCCOc1ccc(OC)cc1.I. The van der Waals surface area contributed by atoms with E-state index in [1.165, 1.54) is 0 Å². The molecule has 0 heterocycles. The zero-order chi connectivity index (χ0) is 16.5. The first-order valence-corrected chi connectivity index (χ1v) is 8.11. The molecular weight excluding hydrogens is 421 g/mol. The van der Waals surface area contributed by atoms with Crippen LogP contribution < -0.4 is 20.1 Å². The molecule has 0 spiro atoms. The van der Waals surface area contributed by atoms with Gasteiger partial charge in [-0.1, -0.05) is 0 Å². The molecule has 0 aliphatic heterocycles. The fraction of sp³-hybridized carbons (Fsp3) is 0.588. The number of guanidine groups is 1. The Morgan fingerprint density at radius 1 is 1.21 bits per heavy atom. The van der Waals surface area contributed by atoms with Crippen LogP contribution >= 0.6 is 24.0 Å². The molecule has 1 aromatic rings. The number of aliphatic hydroxyl groups excluding tert-OH is 1. The van der Waals surface area contributed by atoms with E-state index in [0.29, 0.717) is 19.7 Å². The van der Waals surface area contributed by atoms with Crippen LogP contribution in [0.15, 0.2) is 29.3 Å². The van der Waals surface area contributed by atoms with E-state index in [4.69, 9.17) is 9.47 Å². The first-order valence-electron chi connectivity index (χ1n) is 8.11. The quantitative estimate of drug-likeness (QED) is 0.233. The summed E-state index contributed by atoms with van der Waals surface area (Å²) >= 11 is 0. The summed E-state index contributed by atoms with van der Waals surface area (Å²) in [6, 6.07) is 7.52. The van der Waals surface area contributed by atoms with Gasteiger partial charge < -0.3 is 25.2 Å². The summed E-state index contributed by atoms with van der Waals surface area (Å²) in [5.41, 5.74) is 0.0297. The van der Waals surface area contributed by atoms with Crippen LogP contribution in [-0.4, -0.2) is 51.0 Å². The van der Waals surface area contributed by atoms with Crippen molar-refractivity contribution < 1.29 is 14.6 Å². The summed E-state index contributed by atoms with van der Waals surface area (Å²) in [6.45, 7) is 4.92. The van der Waals surface area contributed by atoms with Crippen molar-refractivity contribution in [1.82, 2.24) is 10.6 Å². The number of rotatable bonds is 9. The highest BCUT2D eigenvalue weighted by Gasteiger charge is 2.41. The van der Waals surface area contributed by atoms with E-state index in [0.717, 1.165) is 36.8 Å². The summed E-state index contributed by atoms with van der Waals surface area (Å²) in [5.74, 6) is 2.40. The number of nitrogens with zero attached hydrogens (tertiary/aromatic N) is 1. The summed E-state index contributed by atoms with van der Waals surface area (Å²) in [6.07, 6.45) is 2.12. The third-order valence-electron chi connectivity index (χ3n) is 3.93. The van der Waals surface area contributed by atoms with Crippen molar-refractivity contribution in [2.75, 3.05) is 40.0 Å². The molecule has 0 bridgehead atoms. The van der Waals surface area contributed by atoms with Gasteiger partial charge in [0.1, 0.15) is 18.1 Å². The van der Waals surface area contributed by atoms with Crippen molar-refractivity contribution >= 4 is 29.9 Å². The van der Waals surface area contributed by atoms with Crippen LogP contribution in [0.5, 0.6) is 11.5 Å². The first kappa shape index (κ1) is 20.8. The molecule has 0 aromatic heterocycles. The predicted octanol–water partition coefficient (Wildman–Crippen LogP) is 2.02. The Labute approximate surface area is 161 Å². The molecule has 1 fully saturated rings. The zero-order valence-electron chi connectivity index (χ0n) is 14.4. The third-order valence-corrected chi connectivity index (χ3v) is 3.93. The van der Waals surface area contributed by atoms with Crippen molar-refractivity contribution in [3.8, 4) is 11.5 Å². The number of nitrogens with one attached hydrogen (secondary N) is 2. The minimum Gasteiger partial charge on any atom is -0.497 e. The number of benzene rings is 1. The number of methoxy groups -OCH3 is 1. The van der Waals surface area contributed by atoms with Gasteiger partial charge in [0.2, 0.25) is 0 Å². The van der Waals surface area contributed by atoms with Crippen molar-refractivity contribution in [2.24, 2.45) is 10.4 Å². The maximum Gasteiger partial charge on any atom is 0.191 e. The lowest BCUT2D eigenvalue weighted by Gasteiger charge is -2.14. The smallest absolute Gasteiger partial charge is 0.191 e. The molecule has 3 N–H and O–H groups in total. The molecule has 24 heavy (non-hydrogen) atoms. The molecule has 1 aliphatic carbocycles. The number of aliphatic hydroxyl groups is 1. The predicted molar refractivity (Wildman–Crippen MR) is 107 cm³/mol. The van der Waals surface area contributed by atoms with Crippen LogP contribution in [0.2, 0.25) is 0 Å². The standard InChI is InChI=1S/C17H27N3O3.HI/c1-3-18-16(20-12-17(13-21)8-9-17)19-10-11-23-15-6-4-14(22-2)5-7-15;/h4-7,21H,3,8-13H2,1-2H3,(H2,18,19,20);1H. The minimum absolute atomic E-state index is 0. The van der Waals surface area contributed by atoms with Crippen molar-refractivity contribution in [1.29, 1.82) is 0 Å². The fourth-order valence-corrected chi connectivity index (χ4v) is 2.14. The number of ether oxygens (including phenoxy) is 2. The largest absolute Gasteiger partial charge is 0.497 e. The number of aliphatic imine (C=N–C) groups is 1. The summed E-state index contributed by atoms with van der Waals surface area (Å²) in [5, 5.41) is 15.8. The molecule has 0 atom stereocenters. The average molecular weight is 449 g/mol. The molecule has 0 saturated heterocycles. The van der Waals surface area contributed by atoms with E-state index in [2.05, 4.69) is 15.6 Å². The highest BCUT2D eigenvalue weighted by molar-refractivity contribution is 14.0. The Morgan fingerprint density at radius 3 is 2.42 bits per heavy atom. The van der Waals surface area contributed by atoms with Crippen LogP contribution in [0.1, 0.15) is 19.8 Å². The van der Waals surface area contributed by atoms with Gasteiger partial charge in [0.15, 0.2) is 5.96 Å². The monoisotopic (exact) mass is 449 g/mol. The molecular formula is C17H28IN3O3. The van der Waals surface area contributed by atoms with Gasteiger partial charge in [0, 0.05) is 12.0 Å². The molecule has 0 unspecified atom stereocenters. The molecule has 2 rings (SSSR count). The Bertz CT molecular complexity index is 504. The van der Waals surface area contributed by atoms with Crippen molar-refractivity contribution in [3.63, 3.8) is 0 Å². The topological polar surface area (TPSA) is 75.1 Å². The van der Waals surface area contributed by atoms with E-state index in [1.807, 2.05) is 31.2 Å². The maximum atomic E-state index is 9.34. The average Bonchev–Trinajstić information content (AvgIpc) is 3.37. The van der Waals surface area contributed by atoms with E-state index in [1.54, 1.807) is 7.11 Å². The Morgan fingerprint density at radius 2 is 1.88 bits per heavy atom. The zero-order valence-corrected chi connectivity index (χ0v) is 16.7. The lowest BCUT2D eigenvalue weighted by molar-refractivity contribution is 0.216. The van der Waals surface area contributed by atoms with Gasteiger partial charge in [-0.25, -0.2) is 0 Å². The van der Waals surface area contributed by atoms with Crippen LogP contribution in [0.25, 0.3) is 0 Å².